The van der Waals surface area contributed by atoms with E-state index >= 15 is 0 Å². The van der Waals surface area contributed by atoms with Crippen LogP contribution in [0.4, 0.5) is 52.7 Å². The summed E-state index contributed by atoms with van der Waals surface area (Å²) in [6.07, 6.45) is 0. The van der Waals surface area contributed by atoms with Crippen LogP contribution in [0.1, 0.15) is 0 Å². The molecule has 0 fully saturated rings. The summed E-state index contributed by atoms with van der Waals surface area (Å²) >= 11 is -1.14. The van der Waals surface area contributed by atoms with E-state index in [9.17, 15) is 52.7 Å². The number of hydrogen-bond acceptors (Lipinski definition) is 4. The van der Waals surface area contributed by atoms with E-state index in [0.717, 1.165) is 0 Å². The minimum Gasteiger partial charge on any atom is -0.197 e. The van der Waals surface area contributed by atoms with E-state index in [0.29, 0.717) is 0 Å². The zero-order valence-corrected chi connectivity index (χ0v) is 10.6. The predicted molar refractivity (Wildman–Crippen MR) is 47.5 cm³/mol. The molecule has 0 aliphatic carbocycles. The van der Waals surface area contributed by atoms with Gasteiger partial charge in [0.15, 0.2) is 12.5 Å². The summed E-state index contributed by atoms with van der Waals surface area (Å²) in [4.78, 5) is 0. The summed E-state index contributed by atoms with van der Waals surface area (Å²) in [5.41, 5.74) is -20.9. The van der Waals surface area contributed by atoms with E-state index in [1.165, 1.54) is 0 Å². The third-order valence-corrected chi connectivity index (χ3v) is 1.39. The maximum Gasteiger partial charge on any atom is 0.450 e. The Balaban J connectivity index is -0.000000257. The van der Waals surface area contributed by atoms with Crippen molar-refractivity contribution in [3.8, 4) is 0 Å². The van der Waals surface area contributed by atoms with Crippen molar-refractivity contribution in [2.24, 2.45) is 0 Å². The molecular formula is C4F12OS3. The van der Waals surface area contributed by atoms with Crippen LogP contribution in [0.5, 0.6) is 0 Å². The normalized spacial score (nSPS) is 12.8. The maximum absolute atomic E-state index is 10.8. The van der Waals surface area contributed by atoms with E-state index in [-0.39, 0.29) is 0 Å². The quantitative estimate of drug-likeness (QED) is 0.532. The van der Waals surface area contributed by atoms with Crippen LogP contribution in [-0.2, 0) is 12.5 Å². The fourth-order valence-corrected chi connectivity index (χ4v) is 0.787. The first-order valence-electron chi connectivity index (χ1n) is 3.25. The fourth-order valence-electron chi connectivity index (χ4n) is 0.262. The Morgan fingerprint density at radius 3 is 0.550 bits per heavy atom. The lowest BCUT2D eigenvalue weighted by Crippen LogP contribution is -2.11. The molecule has 0 aromatic heterocycles. The van der Waals surface area contributed by atoms with Gasteiger partial charge in [0.05, 0.1) is 23.5 Å². The highest BCUT2D eigenvalue weighted by Crippen LogP contribution is 2.43. The van der Waals surface area contributed by atoms with Crippen LogP contribution in [-0.4, -0.2) is 26.2 Å². The molecule has 0 unspecified atom stereocenters. The van der Waals surface area contributed by atoms with Gasteiger partial charge in [-0.3, -0.25) is 0 Å². The van der Waals surface area contributed by atoms with Gasteiger partial charge < -0.3 is 0 Å². The lowest BCUT2D eigenvalue weighted by atomic mass is 11.5. The summed E-state index contributed by atoms with van der Waals surface area (Å²) in [6, 6.07) is 0. The molecule has 0 saturated carbocycles. The van der Waals surface area contributed by atoms with Gasteiger partial charge in [0.2, 0.25) is 0 Å². The number of halogens is 12. The van der Waals surface area contributed by atoms with Crippen molar-refractivity contribution < 1.29 is 56.9 Å². The molecule has 0 aromatic rings. The minimum atomic E-state index is -5.22. The SMILES string of the molecule is FC(F)(F)SC(F)(F)F.FC(F)(F)SC(F)(F)F.O=S. The Morgan fingerprint density at radius 2 is 0.550 bits per heavy atom. The fraction of sp³-hybridized carbons (Fsp3) is 1.00. The highest BCUT2D eigenvalue weighted by Gasteiger charge is 2.45. The molecule has 0 spiro atoms. The van der Waals surface area contributed by atoms with Crippen LogP contribution in [0.15, 0.2) is 0 Å². The van der Waals surface area contributed by atoms with Crippen molar-refractivity contribution in [2.75, 3.05) is 0 Å². The highest BCUT2D eigenvalue weighted by atomic mass is 32.2. The van der Waals surface area contributed by atoms with Crippen molar-refractivity contribution >= 4 is 36.1 Å². The summed E-state index contributed by atoms with van der Waals surface area (Å²) in [7, 11) is 0. The van der Waals surface area contributed by atoms with Crippen molar-refractivity contribution in [1.82, 2.24) is 0 Å². The average molecular weight is 388 g/mol. The standard InChI is InChI=1S/2C2F6S.OS/c2*3-1(4,5)9-2(6,7)8;1-2. The van der Waals surface area contributed by atoms with E-state index in [4.69, 9.17) is 4.21 Å². The summed E-state index contributed by atoms with van der Waals surface area (Å²) in [5.74, 6) is 0. The van der Waals surface area contributed by atoms with Gasteiger partial charge >= 0.3 is 22.0 Å². The Labute approximate surface area is 116 Å². The topological polar surface area (TPSA) is 17.1 Å². The van der Waals surface area contributed by atoms with Gasteiger partial charge in [-0.05, 0) is 0 Å². The van der Waals surface area contributed by atoms with Gasteiger partial charge in [0.25, 0.3) is 0 Å². The first kappa shape index (κ1) is 24.9. The Morgan fingerprint density at radius 1 is 0.450 bits per heavy atom. The smallest absolute Gasteiger partial charge is 0.197 e. The van der Waals surface area contributed by atoms with Gasteiger partial charge in [-0.2, -0.15) is 56.9 Å². The van der Waals surface area contributed by atoms with E-state index in [1.807, 2.05) is 0 Å². The Bertz CT molecular complexity index is 199. The van der Waals surface area contributed by atoms with Gasteiger partial charge in [0.1, 0.15) is 0 Å². The van der Waals surface area contributed by atoms with Gasteiger partial charge in [-0.25, -0.2) is 0 Å². The van der Waals surface area contributed by atoms with E-state index < -0.39 is 45.6 Å². The molecule has 0 radical (unpaired) electrons. The van der Waals surface area contributed by atoms with Gasteiger partial charge in [-0.1, -0.05) is 0 Å². The van der Waals surface area contributed by atoms with Crippen LogP contribution in [0, 0.1) is 0 Å². The molecule has 0 amide bonds. The minimum absolute atomic E-state index is 1.99. The predicted octanol–water partition coefficient (Wildman–Crippen LogP) is 5.18. The van der Waals surface area contributed by atoms with Crippen LogP contribution in [0.3, 0.4) is 0 Å². The third kappa shape index (κ3) is 36.1. The first-order valence-corrected chi connectivity index (χ1v) is 5.22. The molecule has 0 aromatic carbocycles. The molecule has 0 atom stereocenters. The number of hydrogen-bond donors (Lipinski definition) is 0. The van der Waals surface area contributed by atoms with E-state index in [1.54, 1.807) is 0 Å². The second-order valence-corrected chi connectivity index (χ2v) is 4.25. The first-order chi connectivity index (χ1) is 8.41. The molecule has 0 aliphatic rings. The summed E-state index contributed by atoms with van der Waals surface area (Å²) in [6.45, 7) is 0. The summed E-state index contributed by atoms with van der Waals surface area (Å²) < 4.78 is 137. The van der Waals surface area contributed by atoms with Crippen molar-refractivity contribution in [1.29, 1.82) is 0 Å². The van der Waals surface area contributed by atoms with Crippen molar-refractivity contribution in [3.63, 3.8) is 0 Å². The molecular weight excluding hydrogens is 388 g/mol. The lowest BCUT2D eigenvalue weighted by molar-refractivity contribution is -0.0714. The van der Waals surface area contributed by atoms with Crippen LogP contribution in [0.25, 0.3) is 0 Å². The Hall–Kier alpha value is -0.120. The number of thioether (sulfide) groups is 2. The van der Waals surface area contributed by atoms with Gasteiger partial charge in [0, 0.05) is 0 Å². The molecule has 0 aliphatic heterocycles. The zero-order chi connectivity index (χ0) is 17.4. The number of alkyl halides is 12. The van der Waals surface area contributed by atoms with Crippen molar-refractivity contribution in [2.45, 2.75) is 22.0 Å². The second-order valence-electron chi connectivity index (χ2n) is 1.99. The third-order valence-electron chi connectivity index (χ3n) is 0.463. The van der Waals surface area contributed by atoms with Crippen LogP contribution < -0.4 is 0 Å². The molecule has 0 heterocycles. The molecule has 0 saturated heterocycles. The van der Waals surface area contributed by atoms with Crippen molar-refractivity contribution in [3.05, 3.63) is 0 Å². The monoisotopic (exact) mass is 388 g/mol. The van der Waals surface area contributed by atoms with Crippen LogP contribution >= 0.6 is 23.5 Å². The largest absolute Gasteiger partial charge is 0.450 e. The average Bonchev–Trinajstić information content (AvgIpc) is 1.93. The van der Waals surface area contributed by atoms with Gasteiger partial charge in [-0.15, -0.1) is 0 Å². The molecule has 0 N–H and O–H groups in total. The molecule has 124 valence electrons. The molecule has 20 heavy (non-hydrogen) atoms. The highest BCUT2D eigenvalue weighted by molar-refractivity contribution is 8.01. The van der Waals surface area contributed by atoms with Crippen LogP contribution in [0.2, 0.25) is 0 Å². The van der Waals surface area contributed by atoms with E-state index in [2.05, 4.69) is 12.5 Å². The number of rotatable bonds is 0. The molecule has 16 heteroatoms. The summed E-state index contributed by atoms with van der Waals surface area (Å²) in [5, 5.41) is 0. The lowest BCUT2D eigenvalue weighted by Gasteiger charge is -2.06. The molecule has 1 nitrogen and oxygen atoms in total. The molecule has 0 rings (SSSR count). The maximum atomic E-state index is 10.8. The second kappa shape index (κ2) is 9.01. The Kier molecular flexibility index (Phi) is 11.2. The zero-order valence-electron chi connectivity index (χ0n) is 8.17. The molecule has 0 bridgehead atoms.